The Bertz CT molecular complexity index is 457. The summed E-state index contributed by atoms with van der Waals surface area (Å²) in [7, 11) is 0. The smallest absolute Gasteiger partial charge is 0.162 e. The Morgan fingerprint density at radius 2 is 1.81 bits per heavy atom. The van der Waals surface area contributed by atoms with Crippen LogP contribution in [0.1, 0.15) is 25.0 Å². The first-order valence-corrected chi connectivity index (χ1v) is 5.05. The van der Waals surface area contributed by atoms with Crippen LogP contribution >= 0.6 is 0 Å². The molecule has 0 amide bonds. The van der Waals surface area contributed by atoms with Crippen molar-refractivity contribution in [1.29, 1.82) is 5.26 Å². The molecule has 0 unspecified atom stereocenters. The summed E-state index contributed by atoms with van der Waals surface area (Å²) in [6, 6.07) is 5.06. The lowest BCUT2D eigenvalue weighted by Gasteiger charge is -2.22. The van der Waals surface area contributed by atoms with E-state index in [1.165, 1.54) is 19.9 Å². The summed E-state index contributed by atoms with van der Waals surface area (Å²) >= 11 is 0. The predicted molar refractivity (Wildman–Crippen MR) is 56.3 cm³/mol. The molecule has 1 aliphatic rings. The van der Waals surface area contributed by atoms with Crippen molar-refractivity contribution < 1.29 is 13.9 Å². The van der Waals surface area contributed by atoms with Crippen LogP contribution < -0.4 is 9.47 Å². The average Bonchev–Trinajstić information content (AvgIpc) is 2.26. The number of alkyl halides is 1. The second-order valence-electron chi connectivity index (χ2n) is 4.13. The van der Waals surface area contributed by atoms with Crippen molar-refractivity contribution in [3.05, 3.63) is 23.3 Å². The number of ether oxygens (including phenoxy) is 2. The second kappa shape index (κ2) is 3.67. The van der Waals surface area contributed by atoms with E-state index in [-0.39, 0.29) is 5.56 Å². The molecule has 16 heavy (non-hydrogen) atoms. The molecule has 0 spiro atoms. The van der Waals surface area contributed by atoms with Crippen molar-refractivity contribution in [3.8, 4) is 17.6 Å². The summed E-state index contributed by atoms with van der Waals surface area (Å²) in [5.41, 5.74) is -0.947. The van der Waals surface area contributed by atoms with Gasteiger partial charge in [0.1, 0.15) is 18.9 Å². The number of hydrogen-bond acceptors (Lipinski definition) is 3. The van der Waals surface area contributed by atoms with Gasteiger partial charge in [-0.25, -0.2) is 4.39 Å². The van der Waals surface area contributed by atoms with E-state index in [4.69, 9.17) is 14.7 Å². The van der Waals surface area contributed by atoms with Crippen LogP contribution in [0.2, 0.25) is 0 Å². The van der Waals surface area contributed by atoms with Crippen LogP contribution in [0, 0.1) is 11.3 Å². The van der Waals surface area contributed by atoms with Gasteiger partial charge in [0.2, 0.25) is 0 Å². The molecule has 84 valence electrons. The molecule has 1 aromatic carbocycles. The van der Waals surface area contributed by atoms with Gasteiger partial charge >= 0.3 is 0 Å². The molecule has 3 nitrogen and oxygen atoms in total. The number of rotatable bonds is 1. The van der Waals surface area contributed by atoms with E-state index in [1.807, 2.05) is 6.07 Å². The second-order valence-corrected chi connectivity index (χ2v) is 4.13. The molecule has 0 atom stereocenters. The van der Waals surface area contributed by atoms with Crippen LogP contribution in [0.4, 0.5) is 4.39 Å². The van der Waals surface area contributed by atoms with Gasteiger partial charge in [0.25, 0.3) is 0 Å². The highest BCUT2D eigenvalue weighted by Crippen LogP contribution is 2.38. The van der Waals surface area contributed by atoms with Gasteiger partial charge in [0, 0.05) is 11.6 Å². The molecular weight excluding hydrogens is 209 g/mol. The number of nitriles is 1. The van der Waals surface area contributed by atoms with Gasteiger partial charge in [0.05, 0.1) is 11.6 Å². The van der Waals surface area contributed by atoms with Crippen molar-refractivity contribution in [2.75, 3.05) is 13.2 Å². The molecule has 0 aliphatic carbocycles. The van der Waals surface area contributed by atoms with E-state index >= 15 is 0 Å². The standard InChI is InChI=1S/C12H12FNO2/c1-12(2,13)9-6-11-10(5-8(9)7-14)15-3-4-16-11/h5-6H,3-4H2,1-2H3. The highest BCUT2D eigenvalue weighted by Gasteiger charge is 2.26. The van der Waals surface area contributed by atoms with Gasteiger partial charge in [0.15, 0.2) is 11.5 Å². The molecule has 1 aliphatic heterocycles. The Labute approximate surface area is 93.4 Å². The maximum Gasteiger partial charge on any atom is 0.162 e. The molecule has 0 N–H and O–H groups in total. The average molecular weight is 221 g/mol. The van der Waals surface area contributed by atoms with Crippen molar-refractivity contribution in [1.82, 2.24) is 0 Å². The molecule has 4 heteroatoms. The Kier molecular flexibility index (Phi) is 2.47. The van der Waals surface area contributed by atoms with Crippen LogP contribution in [0.15, 0.2) is 12.1 Å². The van der Waals surface area contributed by atoms with Gasteiger partial charge < -0.3 is 9.47 Å². The first-order chi connectivity index (χ1) is 7.52. The minimum absolute atomic E-state index is 0.289. The number of halogens is 1. The van der Waals surface area contributed by atoms with Crippen molar-refractivity contribution in [2.45, 2.75) is 19.5 Å². The molecule has 1 heterocycles. The Morgan fingerprint density at radius 1 is 1.25 bits per heavy atom. The third kappa shape index (κ3) is 1.81. The van der Waals surface area contributed by atoms with Crippen LogP contribution in [0.3, 0.4) is 0 Å². The first kappa shape index (κ1) is 10.7. The van der Waals surface area contributed by atoms with Crippen molar-refractivity contribution in [2.24, 2.45) is 0 Å². The van der Waals surface area contributed by atoms with E-state index in [1.54, 1.807) is 6.07 Å². The largest absolute Gasteiger partial charge is 0.486 e. The van der Waals surface area contributed by atoms with E-state index in [2.05, 4.69) is 0 Å². The zero-order chi connectivity index (χ0) is 11.8. The van der Waals surface area contributed by atoms with Crippen LogP contribution in [-0.4, -0.2) is 13.2 Å². The Morgan fingerprint density at radius 3 is 2.31 bits per heavy atom. The predicted octanol–water partition coefficient (Wildman–Crippen LogP) is 2.53. The monoisotopic (exact) mass is 221 g/mol. The summed E-state index contributed by atoms with van der Waals surface area (Å²) in [5, 5.41) is 8.97. The highest BCUT2D eigenvalue weighted by atomic mass is 19.1. The Hall–Kier alpha value is -1.76. The van der Waals surface area contributed by atoms with Gasteiger partial charge in [-0.15, -0.1) is 0 Å². The lowest BCUT2D eigenvalue weighted by Crippen LogP contribution is -2.18. The maximum absolute atomic E-state index is 13.9. The third-order valence-electron chi connectivity index (χ3n) is 2.44. The summed E-state index contributed by atoms with van der Waals surface area (Å²) in [5.74, 6) is 1.02. The number of benzene rings is 1. The number of fused-ring (bicyclic) bond motifs is 1. The van der Waals surface area contributed by atoms with Gasteiger partial charge in [-0.1, -0.05) is 0 Å². The lowest BCUT2D eigenvalue weighted by molar-refractivity contribution is 0.169. The van der Waals surface area contributed by atoms with E-state index < -0.39 is 5.67 Å². The van der Waals surface area contributed by atoms with E-state index in [9.17, 15) is 4.39 Å². The van der Waals surface area contributed by atoms with Gasteiger partial charge in [-0.2, -0.15) is 5.26 Å². The zero-order valence-electron chi connectivity index (χ0n) is 9.21. The van der Waals surface area contributed by atoms with Gasteiger partial charge in [-0.3, -0.25) is 0 Å². The zero-order valence-corrected chi connectivity index (χ0v) is 9.21. The highest BCUT2D eigenvalue weighted by molar-refractivity contribution is 5.53. The number of nitrogens with zero attached hydrogens (tertiary/aromatic N) is 1. The SMILES string of the molecule is CC(C)(F)c1cc2c(cc1C#N)OCCO2. The fourth-order valence-corrected chi connectivity index (χ4v) is 1.67. The summed E-state index contributed by atoms with van der Waals surface area (Å²) < 4.78 is 24.6. The summed E-state index contributed by atoms with van der Waals surface area (Å²) in [6.07, 6.45) is 0. The van der Waals surface area contributed by atoms with Crippen LogP contribution in [0.25, 0.3) is 0 Å². The molecule has 0 radical (unpaired) electrons. The molecular formula is C12H12FNO2. The molecule has 0 fully saturated rings. The van der Waals surface area contributed by atoms with Crippen LogP contribution in [0.5, 0.6) is 11.5 Å². The van der Waals surface area contributed by atoms with Crippen molar-refractivity contribution >= 4 is 0 Å². The summed E-state index contributed by atoms with van der Waals surface area (Å²) in [4.78, 5) is 0. The molecule has 0 saturated carbocycles. The molecule has 1 aromatic rings. The molecule has 0 saturated heterocycles. The summed E-state index contributed by atoms with van der Waals surface area (Å²) in [6.45, 7) is 3.74. The molecule has 0 aromatic heterocycles. The van der Waals surface area contributed by atoms with Gasteiger partial charge in [-0.05, 0) is 19.9 Å². The van der Waals surface area contributed by atoms with Crippen LogP contribution in [-0.2, 0) is 5.67 Å². The Balaban J connectivity index is 2.57. The maximum atomic E-state index is 13.9. The molecule has 0 bridgehead atoms. The minimum Gasteiger partial charge on any atom is -0.486 e. The third-order valence-corrected chi connectivity index (χ3v) is 2.44. The van der Waals surface area contributed by atoms with E-state index in [0.717, 1.165) is 0 Å². The quantitative estimate of drug-likeness (QED) is 0.731. The fourth-order valence-electron chi connectivity index (χ4n) is 1.67. The minimum atomic E-state index is -1.57. The lowest BCUT2D eigenvalue weighted by atomic mass is 9.94. The van der Waals surface area contributed by atoms with E-state index in [0.29, 0.717) is 30.3 Å². The normalized spacial score (nSPS) is 14.4. The molecule has 2 rings (SSSR count). The number of hydrogen-bond donors (Lipinski definition) is 0. The first-order valence-electron chi connectivity index (χ1n) is 5.05. The fraction of sp³-hybridized carbons (Fsp3) is 0.417. The van der Waals surface area contributed by atoms with Crippen molar-refractivity contribution in [3.63, 3.8) is 0 Å². The topological polar surface area (TPSA) is 42.2 Å².